The minimum atomic E-state index is 0.174. The molecule has 0 saturated heterocycles. The molecule has 2 nitrogen and oxygen atoms in total. The molecular weight excluding hydrogens is 218 g/mol. The Morgan fingerprint density at radius 3 is 2.93 bits per heavy atom. The number of thiophene rings is 1. The highest BCUT2D eigenvalue weighted by atomic mass is 35.5. The van der Waals surface area contributed by atoms with Crippen molar-refractivity contribution < 1.29 is 5.11 Å². The van der Waals surface area contributed by atoms with Crippen LogP contribution in [0.25, 0.3) is 10.1 Å². The number of fused-ring (bicyclic) bond motifs is 1. The van der Waals surface area contributed by atoms with E-state index in [1.165, 1.54) is 11.3 Å². The molecule has 0 spiro atoms. The van der Waals surface area contributed by atoms with Crippen molar-refractivity contribution in [1.29, 1.82) is 5.26 Å². The fraction of sp³-hybridized carbons (Fsp3) is 0.100. The van der Waals surface area contributed by atoms with E-state index < -0.39 is 0 Å². The van der Waals surface area contributed by atoms with Gasteiger partial charge in [0, 0.05) is 15.0 Å². The molecule has 0 aliphatic rings. The van der Waals surface area contributed by atoms with Crippen molar-refractivity contribution in [3.05, 3.63) is 28.6 Å². The van der Waals surface area contributed by atoms with Crippen LogP contribution in [0.5, 0.6) is 5.75 Å². The van der Waals surface area contributed by atoms with Crippen LogP contribution >= 0.6 is 22.9 Å². The number of nitrogens with zero attached hydrogens (tertiary/aromatic N) is 1. The van der Waals surface area contributed by atoms with Crippen LogP contribution in [-0.2, 0) is 5.88 Å². The second-order valence-electron chi connectivity index (χ2n) is 2.83. The zero-order valence-corrected chi connectivity index (χ0v) is 8.69. The largest absolute Gasteiger partial charge is 0.508 e. The lowest BCUT2D eigenvalue weighted by atomic mass is 10.1. The predicted octanol–water partition coefficient (Wildman–Crippen LogP) is 3.22. The fourth-order valence-electron chi connectivity index (χ4n) is 1.35. The monoisotopic (exact) mass is 223 g/mol. The van der Waals surface area contributed by atoms with Crippen LogP contribution in [0.4, 0.5) is 0 Å². The summed E-state index contributed by atoms with van der Waals surface area (Å²) in [6, 6.07) is 7.12. The smallest absolute Gasteiger partial charge is 0.116 e. The first-order valence-electron chi connectivity index (χ1n) is 3.96. The molecule has 2 rings (SSSR count). The molecular formula is C10H6ClNOS. The van der Waals surface area contributed by atoms with E-state index >= 15 is 0 Å². The van der Waals surface area contributed by atoms with E-state index in [4.69, 9.17) is 16.9 Å². The van der Waals surface area contributed by atoms with E-state index in [1.807, 2.05) is 0 Å². The molecule has 70 valence electrons. The van der Waals surface area contributed by atoms with E-state index in [0.717, 1.165) is 15.0 Å². The molecule has 0 saturated carbocycles. The third-order valence-electron chi connectivity index (χ3n) is 1.98. The average Bonchev–Trinajstić information content (AvgIpc) is 2.54. The molecule has 0 radical (unpaired) electrons. The highest BCUT2D eigenvalue weighted by Gasteiger charge is 2.10. The molecule has 1 N–H and O–H groups in total. The molecule has 0 bridgehead atoms. The predicted molar refractivity (Wildman–Crippen MR) is 57.8 cm³/mol. The van der Waals surface area contributed by atoms with E-state index in [0.29, 0.717) is 11.4 Å². The van der Waals surface area contributed by atoms with Gasteiger partial charge < -0.3 is 5.11 Å². The Bertz CT molecular complexity index is 527. The van der Waals surface area contributed by atoms with Crippen molar-refractivity contribution in [3.63, 3.8) is 0 Å². The number of phenolic OH excluding ortho intramolecular Hbond substituents is 1. The van der Waals surface area contributed by atoms with Crippen LogP contribution in [0, 0.1) is 11.3 Å². The van der Waals surface area contributed by atoms with Gasteiger partial charge in [-0.25, -0.2) is 0 Å². The maximum absolute atomic E-state index is 9.29. The maximum Gasteiger partial charge on any atom is 0.116 e. The number of rotatable bonds is 1. The minimum Gasteiger partial charge on any atom is -0.508 e. The Kier molecular flexibility index (Phi) is 2.32. The highest BCUT2D eigenvalue weighted by molar-refractivity contribution is 7.19. The van der Waals surface area contributed by atoms with Crippen LogP contribution in [0.1, 0.15) is 10.4 Å². The molecule has 1 heterocycles. The van der Waals surface area contributed by atoms with Crippen molar-refractivity contribution in [2.45, 2.75) is 5.88 Å². The third-order valence-corrected chi connectivity index (χ3v) is 3.57. The summed E-state index contributed by atoms with van der Waals surface area (Å²) in [7, 11) is 0. The van der Waals surface area contributed by atoms with Crippen LogP contribution < -0.4 is 0 Å². The molecule has 0 unspecified atom stereocenters. The van der Waals surface area contributed by atoms with Crippen molar-refractivity contribution in [1.82, 2.24) is 0 Å². The van der Waals surface area contributed by atoms with Crippen molar-refractivity contribution >= 4 is 33.0 Å². The van der Waals surface area contributed by atoms with Gasteiger partial charge in [-0.2, -0.15) is 5.26 Å². The van der Waals surface area contributed by atoms with Gasteiger partial charge in [0.05, 0.1) is 11.4 Å². The van der Waals surface area contributed by atoms with Gasteiger partial charge in [-0.15, -0.1) is 22.9 Å². The van der Waals surface area contributed by atoms with Crippen molar-refractivity contribution in [2.75, 3.05) is 0 Å². The van der Waals surface area contributed by atoms with Gasteiger partial charge in [0.1, 0.15) is 11.8 Å². The van der Waals surface area contributed by atoms with Gasteiger partial charge in [-0.05, 0) is 18.2 Å². The Balaban J connectivity index is 2.83. The number of hydrogen-bond donors (Lipinski definition) is 1. The number of aromatic hydroxyl groups is 1. The number of alkyl halides is 1. The second-order valence-corrected chi connectivity index (χ2v) is 4.23. The lowest BCUT2D eigenvalue weighted by Gasteiger charge is -1.91. The Hall–Kier alpha value is -1.24. The normalized spacial score (nSPS) is 10.3. The first-order chi connectivity index (χ1) is 6.76. The van der Waals surface area contributed by atoms with Gasteiger partial charge in [0.2, 0.25) is 0 Å². The van der Waals surface area contributed by atoms with Gasteiger partial charge in [0.15, 0.2) is 0 Å². The second kappa shape index (κ2) is 3.49. The molecule has 4 heteroatoms. The Morgan fingerprint density at radius 2 is 2.29 bits per heavy atom. The SMILES string of the molecule is N#Cc1c(CCl)sc2ccc(O)cc12. The summed E-state index contributed by atoms with van der Waals surface area (Å²) in [6.45, 7) is 0. The van der Waals surface area contributed by atoms with Crippen LogP contribution in [-0.4, -0.2) is 5.11 Å². The van der Waals surface area contributed by atoms with Gasteiger partial charge in [0.25, 0.3) is 0 Å². The quantitative estimate of drug-likeness (QED) is 0.755. The highest BCUT2D eigenvalue weighted by Crippen LogP contribution is 2.33. The summed E-state index contributed by atoms with van der Waals surface area (Å²) in [4.78, 5) is 0.856. The van der Waals surface area contributed by atoms with Crippen molar-refractivity contribution in [2.24, 2.45) is 0 Å². The maximum atomic E-state index is 9.29. The van der Waals surface area contributed by atoms with Crippen LogP contribution in [0.3, 0.4) is 0 Å². The van der Waals surface area contributed by atoms with Gasteiger partial charge >= 0.3 is 0 Å². The number of benzene rings is 1. The molecule has 2 aromatic rings. The molecule has 0 aliphatic heterocycles. The van der Waals surface area contributed by atoms with E-state index in [1.54, 1.807) is 18.2 Å². The summed E-state index contributed by atoms with van der Waals surface area (Å²) in [5.74, 6) is 0.510. The standard InChI is InChI=1S/C10H6ClNOS/c11-4-10-8(5-12)7-3-6(13)1-2-9(7)14-10/h1-3,13H,4H2. The van der Waals surface area contributed by atoms with Crippen LogP contribution in [0.2, 0.25) is 0 Å². The Labute approximate surface area is 90.0 Å². The molecule has 0 fully saturated rings. The fourth-order valence-corrected chi connectivity index (χ4v) is 2.63. The number of phenols is 1. The summed E-state index contributed by atoms with van der Waals surface area (Å²) in [5.41, 5.74) is 0.580. The zero-order valence-electron chi connectivity index (χ0n) is 7.12. The van der Waals surface area contributed by atoms with E-state index in [9.17, 15) is 5.11 Å². The zero-order chi connectivity index (χ0) is 10.1. The lowest BCUT2D eigenvalue weighted by Crippen LogP contribution is -1.76. The molecule has 1 aromatic carbocycles. The summed E-state index contributed by atoms with van der Waals surface area (Å²) >= 11 is 7.21. The van der Waals surface area contributed by atoms with Crippen LogP contribution in [0.15, 0.2) is 18.2 Å². The molecule has 1 aromatic heterocycles. The molecule has 14 heavy (non-hydrogen) atoms. The summed E-state index contributed by atoms with van der Waals surface area (Å²) in [5, 5.41) is 19.0. The van der Waals surface area contributed by atoms with E-state index in [2.05, 4.69) is 6.07 Å². The van der Waals surface area contributed by atoms with Gasteiger partial charge in [-0.3, -0.25) is 0 Å². The molecule has 0 amide bonds. The van der Waals surface area contributed by atoms with E-state index in [-0.39, 0.29) is 5.75 Å². The number of halogens is 1. The summed E-state index contributed by atoms with van der Waals surface area (Å²) in [6.07, 6.45) is 0. The number of nitriles is 1. The number of hydrogen-bond acceptors (Lipinski definition) is 3. The lowest BCUT2D eigenvalue weighted by molar-refractivity contribution is 0.476. The first-order valence-corrected chi connectivity index (χ1v) is 5.32. The molecule has 0 atom stereocenters. The Morgan fingerprint density at radius 1 is 1.50 bits per heavy atom. The average molecular weight is 224 g/mol. The summed E-state index contributed by atoms with van der Waals surface area (Å²) < 4.78 is 0.981. The third kappa shape index (κ3) is 1.33. The first kappa shape index (κ1) is 9.32. The molecule has 0 aliphatic carbocycles. The minimum absolute atomic E-state index is 0.174. The van der Waals surface area contributed by atoms with Gasteiger partial charge in [-0.1, -0.05) is 0 Å². The topological polar surface area (TPSA) is 44.0 Å². The van der Waals surface area contributed by atoms with Crippen molar-refractivity contribution in [3.8, 4) is 11.8 Å².